The molecule has 1 atom stereocenters. The summed E-state index contributed by atoms with van der Waals surface area (Å²) in [5, 5.41) is 4.19. The van der Waals surface area contributed by atoms with Crippen molar-refractivity contribution in [2.24, 2.45) is 11.1 Å². The van der Waals surface area contributed by atoms with E-state index >= 15 is 0 Å². The van der Waals surface area contributed by atoms with Gasteiger partial charge < -0.3 is 9.74 Å². The van der Waals surface area contributed by atoms with Crippen LogP contribution in [0.2, 0.25) is 0 Å². The summed E-state index contributed by atoms with van der Waals surface area (Å²) in [5.41, 5.74) is 2.41. The number of carbonyl (C=O) groups is 1. The number of hydrogen-bond acceptors (Lipinski definition) is 3. The standard InChI is InChI=1S/C22H25FN2O2/c1-16(2)12-22(26)25(14-18-10-6-7-11-20(18)23)15-19-13-21(24-27-19)17-8-4-3-5-9-17/h3-11,16,19H,12-15H2,1-2H3. The minimum Gasteiger partial charge on any atom is -0.390 e. The maximum Gasteiger partial charge on any atom is 0.223 e. The number of halogens is 1. The van der Waals surface area contributed by atoms with E-state index in [1.54, 1.807) is 23.1 Å². The molecule has 5 heteroatoms. The molecular weight excluding hydrogens is 343 g/mol. The Bertz CT molecular complexity index is 805. The Morgan fingerprint density at radius 2 is 1.89 bits per heavy atom. The summed E-state index contributed by atoms with van der Waals surface area (Å²) in [7, 11) is 0. The topological polar surface area (TPSA) is 41.9 Å². The predicted octanol–water partition coefficient (Wildman–Crippen LogP) is 4.39. The fraction of sp³-hybridized carbons (Fsp3) is 0.364. The molecule has 0 N–H and O–H groups in total. The lowest BCUT2D eigenvalue weighted by molar-refractivity contribution is -0.134. The van der Waals surface area contributed by atoms with E-state index in [2.05, 4.69) is 5.16 Å². The monoisotopic (exact) mass is 368 g/mol. The van der Waals surface area contributed by atoms with Gasteiger partial charge in [0, 0.05) is 24.9 Å². The Hall–Kier alpha value is -2.69. The average molecular weight is 368 g/mol. The number of hydrogen-bond donors (Lipinski definition) is 0. The fourth-order valence-corrected chi connectivity index (χ4v) is 3.14. The number of benzene rings is 2. The molecule has 0 saturated heterocycles. The molecule has 2 aromatic rings. The van der Waals surface area contributed by atoms with Gasteiger partial charge in [-0.25, -0.2) is 4.39 Å². The molecule has 1 unspecified atom stereocenters. The van der Waals surface area contributed by atoms with Gasteiger partial charge in [0.2, 0.25) is 5.91 Å². The Morgan fingerprint density at radius 1 is 1.19 bits per heavy atom. The highest BCUT2D eigenvalue weighted by molar-refractivity contribution is 6.01. The van der Waals surface area contributed by atoms with Gasteiger partial charge in [0.15, 0.2) is 6.10 Å². The maximum atomic E-state index is 14.1. The van der Waals surface area contributed by atoms with Crippen molar-refractivity contribution < 1.29 is 14.0 Å². The molecule has 0 aliphatic carbocycles. The zero-order valence-corrected chi connectivity index (χ0v) is 15.8. The van der Waals surface area contributed by atoms with Gasteiger partial charge in [-0.1, -0.05) is 67.5 Å². The van der Waals surface area contributed by atoms with Crippen molar-refractivity contribution in [3.63, 3.8) is 0 Å². The van der Waals surface area contributed by atoms with Gasteiger partial charge in [-0.15, -0.1) is 0 Å². The van der Waals surface area contributed by atoms with Crippen molar-refractivity contribution in [3.05, 3.63) is 71.5 Å². The Morgan fingerprint density at radius 3 is 2.59 bits per heavy atom. The number of rotatable bonds is 7. The molecule has 0 spiro atoms. The summed E-state index contributed by atoms with van der Waals surface area (Å²) in [5.74, 6) is -0.0559. The van der Waals surface area contributed by atoms with Crippen LogP contribution in [-0.2, 0) is 16.2 Å². The van der Waals surface area contributed by atoms with Gasteiger partial charge in [-0.2, -0.15) is 0 Å². The molecule has 4 nitrogen and oxygen atoms in total. The SMILES string of the molecule is CC(C)CC(=O)N(Cc1ccccc1F)CC1CC(c2ccccc2)=NO1. The van der Waals surface area contributed by atoms with E-state index in [9.17, 15) is 9.18 Å². The third-order valence-electron chi connectivity index (χ3n) is 4.52. The zero-order chi connectivity index (χ0) is 19.2. The predicted molar refractivity (Wildman–Crippen MR) is 104 cm³/mol. The summed E-state index contributed by atoms with van der Waals surface area (Å²) < 4.78 is 14.1. The third kappa shape index (κ3) is 5.16. The second-order valence-electron chi connectivity index (χ2n) is 7.30. The minimum absolute atomic E-state index is 0.00464. The molecule has 1 heterocycles. The van der Waals surface area contributed by atoms with Crippen LogP contribution < -0.4 is 0 Å². The highest BCUT2D eigenvalue weighted by Gasteiger charge is 2.27. The van der Waals surface area contributed by atoms with E-state index in [1.165, 1.54) is 6.07 Å². The van der Waals surface area contributed by atoms with E-state index < -0.39 is 0 Å². The van der Waals surface area contributed by atoms with E-state index in [0.717, 1.165) is 11.3 Å². The second kappa shape index (κ2) is 8.80. The average Bonchev–Trinajstić information content (AvgIpc) is 3.12. The first kappa shape index (κ1) is 19.1. The number of nitrogens with zero attached hydrogens (tertiary/aromatic N) is 2. The van der Waals surface area contributed by atoms with Crippen molar-refractivity contribution in [2.45, 2.75) is 39.3 Å². The van der Waals surface area contributed by atoms with E-state index in [0.29, 0.717) is 24.9 Å². The molecule has 1 aliphatic heterocycles. The van der Waals surface area contributed by atoms with Crippen LogP contribution >= 0.6 is 0 Å². The molecule has 2 aromatic carbocycles. The molecule has 1 aliphatic rings. The smallest absolute Gasteiger partial charge is 0.223 e. The molecule has 1 amide bonds. The molecule has 3 rings (SSSR count). The van der Waals surface area contributed by atoms with Crippen LogP contribution in [0.5, 0.6) is 0 Å². The summed E-state index contributed by atoms with van der Waals surface area (Å²) in [6.07, 6.45) is 0.837. The first-order valence-electron chi connectivity index (χ1n) is 9.32. The number of oxime groups is 1. The summed E-state index contributed by atoms with van der Waals surface area (Å²) >= 11 is 0. The Kier molecular flexibility index (Phi) is 6.22. The van der Waals surface area contributed by atoms with Crippen molar-refractivity contribution >= 4 is 11.6 Å². The van der Waals surface area contributed by atoms with Crippen molar-refractivity contribution in [2.75, 3.05) is 6.54 Å². The maximum absolute atomic E-state index is 14.1. The second-order valence-corrected chi connectivity index (χ2v) is 7.30. The van der Waals surface area contributed by atoms with Crippen LogP contribution in [0.15, 0.2) is 59.8 Å². The van der Waals surface area contributed by atoms with Crippen LogP contribution in [0.25, 0.3) is 0 Å². The van der Waals surface area contributed by atoms with Crippen LogP contribution in [0.1, 0.15) is 37.8 Å². The van der Waals surface area contributed by atoms with Gasteiger partial charge in [-0.3, -0.25) is 4.79 Å². The lowest BCUT2D eigenvalue weighted by Gasteiger charge is -2.26. The van der Waals surface area contributed by atoms with E-state index in [1.807, 2.05) is 44.2 Å². The summed E-state index contributed by atoms with van der Waals surface area (Å²) in [6, 6.07) is 16.4. The van der Waals surface area contributed by atoms with Crippen molar-refractivity contribution in [1.29, 1.82) is 0 Å². The van der Waals surface area contributed by atoms with Crippen LogP contribution in [0.4, 0.5) is 4.39 Å². The number of amides is 1. The van der Waals surface area contributed by atoms with Crippen LogP contribution in [0.3, 0.4) is 0 Å². The molecular formula is C22H25FN2O2. The zero-order valence-electron chi connectivity index (χ0n) is 15.8. The van der Waals surface area contributed by atoms with Crippen molar-refractivity contribution in [1.82, 2.24) is 4.90 Å². The fourth-order valence-electron chi connectivity index (χ4n) is 3.14. The lowest BCUT2D eigenvalue weighted by atomic mass is 10.0. The normalized spacial score (nSPS) is 16.1. The molecule has 0 aromatic heterocycles. The van der Waals surface area contributed by atoms with Gasteiger partial charge in [0.1, 0.15) is 5.82 Å². The quantitative estimate of drug-likeness (QED) is 0.727. The summed E-state index contributed by atoms with van der Waals surface area (Å²) in [4.78, 5) is 20.0. The van der Waals surface area contributed by atoms with E-state index in [-0.39, 0.29) is 30.3 Å². The summed E-state index contributed by atoms with van der Waals surface area (Å²) in [6.45, 7) is 4.63. The first-order chi connectivity index (χ1) is 13.0. The molecule has 142 valence electrons. The third-order valence-corrected chi connectivity index (χ3v) is 4.52. The Balaban J connectivity index is 1.68. The van der Waals surface area contributed by atoms with Gasteiger partial charge >= 0.3 is 0 Å². The minimum atomic E-state index is -0.298. The first-order valence-corrected chi connectivity index (χ1v) is 9.32. The van der Waals surface area contributed by atoms with Gasteiger partial charge in [0.05, 0.1) is 12.3 Å². The van der Waals surface area contributed by atoms with Gasteiger partial charge in [-0.05, 0) is 17.5 Å². The van der Waals surface area contributed by atoms with Crippen LogP contribution in [-0.4, -0.2) is 29.2 Å². The molecule has 0 fully saturated rings. The lowest BCUT2D eigenvalue weighted by Crippen LogP contribution is -2.38. The van der Waals surface area contributed by atoms with E-state index in [4.69, 9.17) is 4.84 Å². The largest absolute Gasteiger partial charge is 0.390 e. The molecule has 0 saturated carbocycles. The molecule has 0 radical (unpaired) electrons. The van der Waals surface area contributed by atoms with Gasteiger partial charge in [0.25, 0.3) is 0 Å². The number of carbonyl (C=O) groups excluding carboxylic acids is 1. The molecule has 27 heavy (non-hydrogen) atoms. The molecule has 0 bridgehead atoms. The van der Waals surface area contributed by atoms with Crippen LogP contribution in [0, 0.1) is 11.7 Å². The van der Waals surface area contributed by atoms with Crippen molar-refractivity contribution in [3.8, 4) is 0 Å². The highest BCUT2D eigenvalue weighted by Crippen LogP contribution is 2.20. The highest BCUT2D eigenvalue weighted by atomic mass is 19.1. The Labute approximate surface area is 159 Å².